The maximum atomic E-state index is 12.1. The summed E-state index contributed by atoms with van der Waals surface area (Å²) < 4.78 is 27.3. The highest BCUT2D eigenvalue weighted by Crippen LogP contribution is 2.23. The van der Waals surface area contributed by atoms with Gasteiger partial charge in [0.25, 0.3) is 10.0 Å². The van der Waals surface area contributed by atoms with Crippen LogP contribution in [0.3, 0.4) is 0 Å². The average Bonchev–Trinajstić information content (AvgIpc) is 2.32. The highest BCUT2D eigenvalue weighted by Gasteiger charge is 2.14. The van der Waals surface area contributed by atoms with Gasteiger partial charge in [-0.25, -0.2) is 8.42 Å². The van der Waals surface area contributed by atoms with Crippen LogP contribution in [0.4, 0.5) is 5.69 Å². The molecule has 1 N–H and O–H groups in total. The maximum absolute atomic E-state index is 12.1. The quantitative estimate of drug-likeness (QED) is 0.943. The van der Waals surface area contributed by atoms with Crippen LogP contribution in [0.1, 0.15) is 5.56 Å². The molecule has 0 fully saturated rings. The lowest BCUT2D eigenvalue weighted by Crippen LogP contribution is -2.13. The molecule has 0 atom stereocenters. The molecule has 0 aliphatic rings. The first kappa shape index (κ1) is 13.0. The third-order valence-corrected chi connectivity index (χ3v) is 4.36. The fourth-order valence-corrected chi connectivity index (χ4v) is 2.94. The Kier molecular flexibility index (Phi) is 3.68. The molecule has 0 saturated carbocycles. The predicted molar refractivity (Wildman–Crippen MR) is 73.9 cm³/mol. The number of sulfonamides is 1. The van der Waals surface area contributed by atoms with Crippen molar-refractivity contribution in [1.82, 2.24) is 4.98 Å². The predicted octanol–water partition coefficient (Wildman–Crippen LogP) is 2.95. The van der Waals surface area contributed by atoms with Gasteiger partial charge in [-0.2, -0.15) is 0 Å². The van der Waals surface area contributed by atoms with E-state index in [1.165, 1.54) is 12.4 Å². The monoisotopic (exact) mass is 326 g/mol. The Morgan fingerprint density at radius 3 is 2.44 bits per heavy atom. The number of hydrogen-bond acceptors (Lipinski definition) is 3. The maximum Gasteiger partial charge on any atom is 0.261 e. The summed E-state index contributed by atoms with van der Waals surface area (Å²) >= 11 is 3.24. The first-order valence-corrected chi connectivity index (χ1v) is 7.46. The van der Waals surface area contributed by atoms with E-state index in [0.717, 1.165) is 5.56 Å². The average molecular weight is 327 g/mol. The van der Waals surface area contributed by atoms with E-state index in [1.54, 1.807) is 30.3 Å². The van der Waals surface area contributed by atoms with Crippen molar-refractivity contribution in [1.29, 1.82) is 0 Å². The summed E-state index contributed by atoms with van der Waals surface area (Å²) in [6.45, 7) is 1.91. The van der Waals surface area contributed by atoms with Crippen LogP contribution in [0.2, 0.25) is 0 Å². The zero-order valence-corrected chi connectivity index (χ0v) is 12.0. The Hall–Kier alpha value is -1.40. The van der Waals surface area contributed by atoms with Crippen LogP contribution in [-0.4, -0.2) is 13.4 Å². The fraction of sp³-hybridized carbons (Fsp3) is 0.0833. The van der Waals surface area contributed by atoms with Crippen LogP contribution >= 0.6 is 15.9 Å². The van der Waals surface area contributed by atoms with E-state index in [-0.39, 0.29) is 4.90 Å². The highest BCUT2D eigenvalue weighted by atomic mass is 79.9. The van der Waals surface area contributed by atoms with Gasteiger partial charge < -0.3 is 0 Å². The number of benzene rings is 1. The molecule has 4 nitrogen and oxygen atoms in total. The molecule has 2 rings (SSSR count). The second-order valence-corrected chi connectivity index (χ2v) is 6.31. The molecule has 0 spiro atoms. The van der Waals surface area contributed by atoms with Gasteiger partial charge in [0.2, 0.25) is 0 Å². The molecule has 0 aliphatic carbocycles. The molecule has 0 amide bonds. The Labute approximate surface area is 114 Å². The Morgan fingerprint density at radius 1 is 1.17 bits per heavy atom. The van der Waals surface area contributed by atoms with Crippen molar-refractivity contribution in [3.63, 3.8) is 0 Å². The topological polar surface area (TPSA) is 59.1 Å². The Morgan fingerprint density at radius 2 is 1.83 bits per heavy atom. The number of nitrogens with one attached hydrogen (secondary N) is 1. The van der Waals surface area contributed by atoms with Gasteiger partial charge in [0.05, 0.1) is 15.1 Å². The second-order valence-electron chi connectivity index (χ2n) is 3.77. The van der Waals surface area contributed by atoms with Crippen molar-refractivity contribution < 1.29 is 8.42 Å². The minimum Gasteiger partial charge on any atom is -0.278 e. The van der Waals surface area contributed by atoms with E-state index in [9.17, 15) is 8.42 Å². The molecule has 0 saturated heterocycles. The third-order valence-electron chi connectivity index (χ3n) is 2.35. The van der Waals surface area contributed by atoms with Gasteiger partial charge >= 0.3 is 0 Å². The molecule has 6 heteroatoms. The van der Waals surface area contributed by atoms with Crippen LogP contribution in [0.15, 0.2) is 52.1 Å². The zero-order valence-electron chi connectivity index (χ0n) is 9.59. The van der Waals surface area contributed by atoms with Crippen molar-refractivity contribution in [2.24, 2.45) is 0 Å². The molecule has 1 aromatic carbocycles. The van der Waals surface area contributed by atoms with Crippen LogP contribution < -0.4 is 4.72 Å². The van der Waals surface area contributed by atoms with Crippen LogP contribution in [-0.2, 0) is 10.0 Å². The number of halogens is 1. The van der Waals surface area contributed by atoms with Gasteiger partial charge in [0.15, 0.2) is 0 Å². The molecule has 18 heavy (non-hydrogen) atoms. The first-order valence-electron chi connectivity index (χ1n) is 5.18. The minimum absolute atomic E-state index is 0.233. The summed E-state index contributed by atoms with van der Waals surface area (Å²) in [6, 6.07) is 8.27. The molecule has 2 aromatic rings. The lowest BCUT2D eigenvalue weighted by atomic mass is 10.2. The molecular weight excluding hydrogens is 316 g/mol. The number of anilines is 1. The molecule has 0 bridgehead atoms. The van der Waals surface area contributed by atoms with Crippen molar-refractivity contribution >= 4 is 31.6 Å². The summed E-state index contributed by atoms with van der Waals surface area (Å²) in [5.74, 6) is 0. The summed E-state index contributed by atoms with van der Waals surface area (Å²) in [7, 11) is -3.56. The molecule has 0 aliphatic heterocycles. The number of aryl methyl sites for hydroxylation is 1. The van der Waals surface area contributed by atoms with E-state index in [0.29, 0.717) is 10.2 Å². The van der Waals surface area contributed by atoms with Crippen LogP contribution in [0.5, 0.6) is 0 Å². The third kappa shape index (κ3) is 2.88. The van der Waals surface area contributed by atoms with E-state index >= 15 is 0 Å². The number of rotatable bonds is 3. The molecular formula is C12H11BrN2O2S. The smallest absolute Gasteiger partial charge is 0.261 e. The molecule has 0 radical (unpaired) electrons. The van der Waals surface area contributed by atoms with Gasteiger partial charge in [-0.1, -0.05) is 17.7 Å². The molecule has 1 heterocycles. The SMILES string of the molecule is Cc1ccc(S(=O)(=O)Nc2ccncc2Br)cc1. The number of nitrogens with zero attached hydrogens (tertiary/aromatic N) is 1. The van der Waals surface area contributed by atoms with Gasteiger partial charge in [-0.3, -0.25) is 9.71 Å². The highest BCUT2D eigenvalue weighted by molar-refractivity contribution is 9.10. The van der Waals surface area contributed by atoms with Gasteiger partial charge in [-0.05, 0) is 41.1 Å². The van der Waals surface area contributed by atoms with Crippen molar-refractivity contribution in [2.75, 3.05) is 4.72 Å². The number of pyridine rings is 1. The normalized spacial score (nSPS) is 11.2. The van der Waals surface area contributed by atoms with Crippen LogP contribution in [0, 0.1) is 6.92 Å². The largest absolute Gasteiger partial charge is 0.278 e. The number of aromatic nitrogens is 1. The zero-order chi connectivity index (χ0) is 13.2. The Bertz CT molecular complexity index is 654. The van der Waals surface area contributed by atoms with Crippen molar-refractivity contribution in [2.45, 2.75) is 11.8 Å². The van der Waals surface area contributed by atoms with E-state index in [1.807, 2.05) is 6.92 Å². The molecule has 94 valence electrons. The minimum atomic E-state index is -3.56. The summed E-state index contributed by atoms with van der Waals surface area (Å²) in [6.07, 6.45) is 3.06. The molecule has 0 unspecified atom stereocenters. The van der Waals surface area contributed by atoms with Gasteiger partial charge in [0.1, 0.15) is 0 Å². The Balaban J connectivity index is 2.33. The van der Waals surface area contributed by atoms with Crippen molar-refractivity contribution in [3.05, 3.63) is 52.8 Å². The lowest BCUT2D eigenvalue weighted by Gasteiger charge is -2.09. The summed E-state index contributed by atoms with van der Waals surface area (Å²) in [5, 5.41) is 0. The van der Waals surface area contributed by atoms with Crippen LogP contribution in [0.25, 0.3) is 0 Å². The first-order chi connectivity index (χ1) is 8.49. The van der Waals surface area contributed by atoms with E-state index in [2.05, 4.69) is 25.6 Å². The summed E-state index contributed by atoms with van der Waals surface area (Å²) in [4.78, 5) is 4.11. The van der Waals surface area contributed by atoms with Gasteiger partial charge in [-0.15, -0.1) is 0 Å². The number of hydrogen-bond donors (Lipinski definition) is 1. The molecule has 1 aromatic heterocycles. The lowest BCUT2D eigenvalue weighted by molar-refractivity contribution is 0.601. The van der Waals surface area contributed by atoms with Gasteiger partial charge in [0, 0.05) is 12.4 Å². The van der Waals surface area contributed by atoms with E-state index in [4.69, 9.17) is 0 Å². The van der Waals surface area contributed by atoms with E-state index < -0.39 is 10.0 Å². The fourth-order valence-electron chi connectivity index (χ4n) is 1.38. The van der Waals surface area contributed by atoms with Crippen molar-refractivity contribution in [3.8, 4) is 0 Å². The summed E-state index contributed by atoms with van der Waals surface area (Å²) in [5.41, 5.74) is 1.48. The second kappa shape index (κ2) is 5.07. The standard InChI is InChI=1S/C12H11BrN2O2S/c1-9-2-4-10(5-3-9)18(16,17)15-12-6-7-14-8-11(12)13/h2-8H,1H3,(H,14,15).